The highest BCUT2D eigenvalue weighted by molar-refractivity contribution is 5.96. The maximum atomic E-state index is 13.2. The monoisotopic (exact) mass is 536 g/mol. The summed E-state index contributed by atoms with van der Waals surface area (Å²) < 4.78 is 10.2. The Labute approximate surface area is 221 Å². The third kappa shape index (κ3) is 13.6. The van der Waals surface area contributed by atoms with Gasteiger partial charge in [-0.3, -0.25) is 28.8 Å². The summed E-state index contributed by atoms with van der Waals surface area (Å²) >= 11 is 0. The van der Waals surface area contributed by atoms with Gasteiger partial charge in [-0.15, -0.1) is 0 Å². The van der Waals surface area contributed by atoms with Gasteiger partial charge in [0.1, 0.15) is 0 Å². The van der Waals surface area contributed by atoms with Crippen molar-refractivity contribution in [2.45, 2.75) is 57.5 Å². The number of benzene rings is 1. The van der Waals surface area contributed by atoms with Crippen molar-refractivity contribution >= 4 is 35.3 Å². The van der Waals surface area contributed by atoms with Crippen molar-refractivity contribution in [3.05, 3.63) is 35.9 Å². The molecule has 38 heavy (non-hydrogen) atoms. The van der Waals surface area contributed by atoms with Crippen molar-refractivity contribution in [3.8, 4) is 0 Å². The SMILES string of the molecule is COCCOCCCC(=O)[C@H](CC(=O)O)NC(=O)[C@H](CC(=O)[C@H](CC(=O)O)NC(C)=O)Cc1ccccc1. The van der Waals surface area contributed by atoms with Crippen LogP contribution in [-0.2, 0) is 44.7 Å². The Bertz CT molecular complexity index is 935. The van der Waals surface area contributed by atoms with E-state index in [1.165, 1.54) is 7.11 Å². The summed E-state index contributed by atoms with van der Waals surface area (Å²) in [5.74, 6) is -6.14. The van der Waals surface area contributed by atoms with Gasteiger partial charge in [0, 0.05) is 39.4 Å². The van der Waals surface area contributed by atoms with Crippen LogP contribution in [0.15, 0.2) is 30.3 Å². The van der Waals surface area contributed by atoms with E-state index in [1.54, 1.807) is 30.3 Å². The molecule has 210 valence electrons. The fourth-order valence-electron chi connectivity index (χ4n) is 3.68. The van der Waals surface area contributed by atoms with Crippen LogP contribution in [0.2, 0.25) is 0 Å². The molecule has 0 aliphatic heterocycles. The Morgan fingerprint density at radius 2 is 1.42 bits per heavy atom. The van der Waals surface area contributed by atoms with E-state index < -0.39 is 72.6 Å². The number of ether oxygens (including phenoxy) is 2. The second kappa shape index (κ2) is 17.8. The van der Waals surface area contributed by atoms with Gasteiger partial charge in [0.05, 0.1) is 38.1 Å². The molecule has 0 unspecified atom stereocenters. The molecule has 12 nitrogen and oxygen atoms in total. The standard InChI is InChI=1S/C26H36N2O10/c1-17(29)27-21(16-25(34)35)23(31)14-19(13-18-7-4-3-5-8-18)26(36)28-20(15-24(32)33)22(30)9-6-10-38-12-11-37-2/h3-5,7-8,19-21H,6,9-16H2,1-2H3,(H,27,29)(H,28,36)(H,32,33)(H,34,35)/t19-,20-,21-/m0/s1. The van der Waals surface area contributed by atoms with Gasteiger partial charge in [0.2, 0.25) is 11.8 Å². The summed E-state index contributed by atoms with van der Waals surface area (Å²) in [4.78, 5) is 73.0. The zero-order valence-corrected chi connectivity index (χ0v) is 21.6. The number of carboxylic acids is 2. The summed E-state index contributed by atoms with van der Waals surface area (Å²) in [6, 6.07) is 6.05. The molecule has 1 aromatic rings. The fraction of sp³-hybridized carbons (Fsp3) is 0.538. The molecule has 1 aromatic carbocycles. The predicted molar refractivity (Wildman–Crippen MR) is 134 cm³/mol. The summed E-state index contributed by atoms with van der Waals surface area (Å²) in [6.45, 7) is 2.13. The van der Waals surface area contributed by atoms with E-state index in [2.05, 4.69) is 10.6 Å². The number of rotatable bonds is 20. The lowest BCUT2D eigenvalue weighted by molar-refractivity contribution is -0.141. The number of hydrogen-bond acceptors (Lipinski definition) is 8. The first-order valence-corrected chi connectivity index (χ1v) is 12.2. The zero-order valence-electron chi connectivity index (χ0n) is 21.6. The fourth-order valence-corrected chi connectivity index (χ4v) is 3.68. The molecular formula is C26H36N2O10. The summed E-state index contributed by atoms with van der Waals surface area (Å²) in [6.07, 6.45) is -1.38. The average Bonchev–Trinajstić information content (AvgIpc) is 2.84. The Morgan fingerprint density at radius 3 is 1.97 bits per heavy atom. The second-order valence-corrected chi connectivity index (χ2v) is 8.74. The highest BCUT2D eigenvalue weighted by atomic mass is 16.5. The molecule has 0 aliphatic carbocycles. The summed E-state index contributed by atoms with van der Waals surface area (Å²) in [7, 11) is 1.52. The van der Waals surface area contributed by atoms with Gasteiger partial charge in [-0.2, -0.15) is 0 Å². The molecule has 3 atom stereocenters. The minimum Gasteiger partial charge on any atom is -0.481 e. The van der Waals surface area contributed by atoms with Crippen LogP contribution >= 0.6 is 0 Å². The lowest BCUT2D eigenvalue weighted by Gasteiger charge is -2.23. The molecule has 0 aromatic heterocycles. The van der Waals surface area contributed by atoms with Crippen molar-refractivity contribution in [1.82, 2.24) is 10.6 Å². The van der Waals surface area contributed by atoms with Crippen LogP contribution in [0.3, 0.4) is 0 Å². The first kappa shape index (κ1) is 32.4. The van der Waals surface area contributed by atoms with E-state index in [-0.39, 0.29) is 19.4 Å². The van der Waals surface area contributed by atoms with Gasteiger partial charge in [0.15, 0.2) is 11.6 Å². The van der Waals surface area contributed by atoms with Crippen LogP contribution in [0.25, 0.3) is 0 Å². The van der Waals surface area contributed by atoms with E-state index in [4.69, 9.17) is 14.6 Å². The van der Waals surface area contributed by atoms with E-state index in [9.17, 15) is 33.9 Å². The van der Waals surface area contributed by atoms with Gasteiger partial charge < -0.3 is 30.3 Å². The number of carbonyl (C=O) groups is 6. The van der Waals surface area contributed by atoms with E-state index in [1.807, 2.05) is 0 Å². The maximum Gasteiger partial charge on any atom is 0.305 e. The molecular weight excluding hydrogens is 500 g/mol. The molecule has 12 heteroatoms. The first-order chi connectivity index (χ1) is 18.0. The number of ketones is 2. The Morgan fingerprint density at radius 1 is 0.816 bits per heavy atom. The molecule has 1 rings (SSSR count). The Balaban J connectivity index is 3.02. The van der Waals surface area contributed by atoms with Crippen LogP contribution < -0.4 is 10.6 Å². The molecule has 0 aliphatic rings. The maximum absolute atomic E-state index is 13.2. The molecule has 0 heterocycles. The van der Waals surface area contributed by atoms with Crippen molar-refractivity contribution in [2.75, 3.05) is 26.9 Å². The van der Waals surface area contributed by atoms with Crippen molar-refractivity contribution in [1.29, 1.82) is 0 Å². The van der Waals surface area contributed by atoms with E-state index in [0.717, 1.165) is 6.92 Å². The minimum absolute atomic E-state index is 0.0310. The number of Topliss-reactive ketones (excluding diaryl/α,β-unsaturated/α-hetero) is 2. The number of carbonyl (C=O) groups excluding carboxylic acids is 4. The number of amides is 2. The molecule has 2 amide bonds. The number of nitrogens with one attached hydrogen (secondary N) is 2. The third-order valence-corrected chi connectivity index (χ3v) is 5.52. The van der Waals surface area contributed by atoms with Crippen LogP contribution in [0.1, 0.15) is 44.6 Å². The van der Waals surface area contributed by atoms with Gasteiger partial charge >= 0.3 is 11.9 Å². The Kier molecular flexibility index (Phi) is 15.1. The molecule has 0 radical (unpaired) electrons. The van der Waals surface area contributed by atoms with Crippen molar-refractivity contribution in [3.63, 3.8) is 0 Å². The van der Waals surface area contributed by atoms with Gasteiger partial charge in [0.25, 0.3) is 0 Å². The molecule has 0 fully saturated rings. The minimum atomic E-state index is -1.34. The number of aliphatic carboxylic acids is 2. The molecule has 0 spiro atoms. The Hall–Kier alpha value is -3.64. The molecule has 0 bridgehead atoms. The van der Waals surface area contributed by atoms with E-state index >= 15 is 0 Å². The normalized spacial score (nSPS) is 13.1. The lowest BCUT2D eigenvalue weighted by atomic mass is 9.90. The highest BCUT2D eigenvalue weighted by Gasteiger charge is 2.31. The van der Waals surface area contributed by atoms with Crippen LogP contribution in [0.5, 0.6) is 0 Å². The van der Waals surface area contributed by atoms with E-state index in [0.29, 0.717) is 25.2 Å². The molecule has 0 saturated carbocycles. The summed E-state index contributed by atoms with van der Waals surface area (Å²) in [5.41, 5.74) is 0.698. The second-order valence-electron chi connectivity index (χ2n) is 8.74. The van der Waals surface area contributed by atoms with Gasteiger partial charge in [-0.1, -0.05) is 30.3 Å². The topological polar surface area (TPSA) is 185 Å². The van der Waals surface area contributed by atoms with Crippen molar-refractivity contribution in [2.24, 2.45) is 5.92 Å². The van der Waals surface area contributed by atoms with Crippen LogP contribution in [0, 0.1) is 5.92 Å². The lowest BCUT2D eigenvalue weighted by Crippen LogP contribution is -2.47. The highest BCUT2D eigenvalue weighted by Crippen LogP contribution is 2.17. The van der Waals surface area contributed by atoms with Crippen LogP contribution in [-0.4, -0.2) is 84.5 Å². The van der Waals surface area contributed by atoms with Crippen molar-refractivity contribution < 1.29 is 48.5 Å². The zero-order chi connectivity index (χ0) is 28.5. The van der Waals surface area contributed by atoms with Gasteiger partial charge in [-0.25, -0.2) is 0 Å². The van der Waals surface area contributed by atoms with Crippen LogP contribution in [0.4, 0.5) is 0 Å². The largest absolute Gasteiger partial charge is 0.481 e. The molecule has 4 N–H and O–H groups in total. The number of hydrogen-bond donors (Lipinski definition) is 4. The molecule has 0 saturated heterocycles. The third-order valence-electron chi connectivity index (χ3n) is 5.52. The van der Waals surface area contributed by atoms with Gasteiger partial charge in [-0.05, 0) is 18.4 Å². The number of methoxy groups -OCH3 is 1. The number of carboxylic acid groups (broad SMARTS) is 2. The first-order valence-electron chi connectivity index (χ1n) is 12.2. The smallest absolute Gasteiger partial charge is 0.305 e. The average molecular weight is 537 g/mol. The quantitative estimate of drug-likeness (QED) is 0.173. The predicted octanol–water partition coefficient (Wildman–Crippen LogP) is 0.756. The summed E-state index contributed by atoms with van der Waals surface area (Å²) in [5, 5.41) is 23.2.